The van der Waals surface area contributed by atoms with Crippen molar-refractivity contribution in [1.29, 1.82) is 0 Å². The highest BCUT2D eigenvalue weighted by Crippen LogP contribution is 2.59. The van der Waals surface area contributed by atoms with Gasteiger partial charge in [0.25, 0.3) is 5.91 Å². The first-order valence-electron chi connectivity index (χ1n) is 12.6. The Kier molecular flexibility index (Phi) is 5.20. The number of likely N-dealkylation sites (N-methyl/N-ethyl adjacent to an activating group) is 1. The number of imidazole rings is 1. The summed E-state index contributed by atoms with van der Waals surface area (Å²) in [5.41, 5.74) is 2.28. The normalized spacial score (nSPS) is 32.4. The van der Waals surface area contributed by atoms with Crippen LogP contribution in [0.2, 0.25) is 0 Å². The fourth-order valence-corrected chi connectivity index (χ4v) is 7.51. The van der Waals surface area contributed by atoms with Crippen LogP contribution in [0.5, 0.6) is 0 Å². The summed E-state index contributed by atoms with van der Waals surface area (Å²) in [4.78, 5) is 32.4. The first-order valence-corrected chi connectivity index (χ1v) is 12.6. The number of amides is 2. The van der Waals surface area contributed by atoms with E-state index < -0.39 is 0 Å². The molecule has 1 N–H and O–H groups in total. The van der Waals surface area contributed by atoms with Crippen LogP contribution in [0.3, 0.4) is 0 Å². The number of hydrogen-bond donors (Lipinski definition) is 1. The number of aromatic nitrogens is 2. The van der Waals surface area contributed by atoms with Crippen LogP contribution in [0.1, 0.15) is 61.1 Å². The van der Waals surface area contributed by atoms with Gasteiger partial charge in [0.15, 0.2) is 0 Å². The highest BCUT2D eigenvalue weighted by Gasteiger charge is 2.50. The highest BCUT2D eigenvalue weighted by atomic mass is 16.5. The van der Waals surface area contributed by atoms with E-state index in [0.717, 1.165) is 30.7 Å². The molecule has 1 aliphatic heterocycles. The molecule has 2 aromatic rings. The second-order valence-corrected chi connectivity index (χ2v) is 11.2. The number of rotatable bonds is 6. The molecule has 1 atom stereocenters. The summed E-state index contributed by atoms with van der Waals surface area (Å²) in [7, 11) is 1.83. The molecule has 5 fully saturated rings. The van der Waals surface area contributed by atoms with Gasteiger partial charge in [-0.25, -0.2) is 4.98 Å². The molecule has 4 saturated carbocycles. The van der Waals surface area contributed by atoms with Gasteiger partial charge in [-0.1, -0.05) is 6.07 Å². The van der Waals surface area contributed by atoms with Crippen molar-refractivity contribution in [3.63, 3.8) is 0 Å². The van der Waals surface area contributed by atoms with Crippen LogP contribution < -0.4 is 5.32 Å². The molecule has 7 rings (SSSR count). The fourth-order valence-electron chi connectivity index (χ4n) is 7.51. The largest absolute Gasteiger partial charge is 0.379 e. The van der Waals surface area contributed by atoms with Gasteiger partial charge >= 0.3 is 0 Å². The van der Waals surface area contributed by atoms with Crippen LogP contribution in [-0.2, 0) is 16.0 Å². The van der Waals surface area contributed by atoms with Gasteiger partial charge in [-0.05, 0) is 80.2 Å². The number of carbonyl (C=O) groups excluding carboxylic acids is 2. The lowest BCUT2D eigenvalue weighted by Gasteiger charge is -2.56. The number of pyridine rings is 1. The van der Waals surface area contributed by atoms with Gasteiger partial charge in [-0.15, -0.1) is 0 Å². The molecule has 7 nitrogen and oxygen atoms in total. The van der Waals surface area contributed by atoms with E-state index in [0.29, 0.717) is 35.7 Å². The van der Waals surface area contributed by atoms with Crippen molar-refractivity contribution in [2.24, 2.45) is 23.2 Å². The topological polar surface area (TPSA) is 75.9 Å². The van der Waals surface area contributed by atoms with Crippen molar-refractivity contribution < 1.29 is 14.3 Å². The van der Waals surface area contributed by atoms with Gasteiger partial charge in [-0.2, -0.15) is 0 Å². The Hall–Kier alpha value is -2.41. The number of nitrogens with one attached hydrogen (secondary N) is 1. The number of carbonyl (C=O) groups is 2. The van der Waals surface area contributed by atoms with E-state index in [4.69, 9.17) is 4.74 Å². The zero-order valence-electron chi connectivity index (χ0n) is 19.5. The molecule has 0 spiro atoms. The summed E-state index contributed by atoms with van der Waals surface area (Å²) in [5, 5.41) is 3.28. The molecule has 1 unspecified atom stereocenters. The smallest absolute Gasteiger partial charge is 0.268 e. The lowest BCUT2D eigenvalue weighted by Crippen LogP contribution is -2.51. The molecule has 7 heteroatoms. The van der Waals surface area contributed by atoms with Gasteiger partial charge in [0, 0.05) is 26.4 Å². The lowest BCUT2D eigenvalue weighted by molar-refractivity contribution is -0.131. The van der Waals surface area contributed by atoms with E-state index >= 15 is 0 Å². The second kappa shape index (κ2) is 8.12. The predicted octanol–water partition coefficient (Wildman–Crippen LogP) is 3.07. The fraction of sp³-hybridized carbons (Fsp3) is 0.654. The van der Waals surface area contributed by atoms with Gasteiger partial charge in [0.05, 0.1) is 24.8 Å². The maximum absolute atomic E-state index is 13.2. The van der Waals surface area contributed by atoms with E-state index in [-0.39, 0.29) is 24.3 Å². The summed E-state index contributed by atoms with van der Waals surface area (Å²) in [6, 6.07) is 5.74. The predicted molar refractivity (Wildman–Crippen MR) is 124 cm³/mol. The quantitative estimate of drug-likeness (QED) is 0.734. The molecular formula is C26H34N4O3. The third-order valence-electron chi connectivity index (χ3n) is 8.74. The Balaban J connectivity index is 1.15. The molecule has 2 amide bonds. The van der Waals surface area contributed by atoms with E-state index in [1.807, 2.05) is 35.8 Å². The van der Waals surface area contributed by atoms with Crippen molar-refractivity contribution in [1.82, 2.24) is 19.6 Å². The van der Waals surface area contributed by atoms with Crippen LogP contribution in [0.4, 0.5) is 0 Å². The van der Waals surface area contributed by atoms with E-state index in [2.05, 4.69) is 10.3 Å². The maximum Gasteiger partial charge on any atom is 0.268 e. The molecule has 1 saturated heterocycles. The Morgan fingerprint density at radius 3 is 2.58 bits per heavy atom. The van der Waals surface area contributed by atoms with Crippen molar-refractivity contribution >= 4 is 17.5 Å². The van der Waals surface area contributed by atoms with Crippen LogP contribution >= 0.6 is 0 Å². The Labute approximate surface area is 194 Å². The van der Waals surface area contributed by atoms with Crippen molar-refractivity contribution in [2.75, 3.05) is 26.8 Å². The minimum atomic E-state index is -0.0492. The second-order valence-electron chi connectivity index (χ2n) is 11.2. The molecule has 176 valence electrons. The molecular weight excluding hydrogens is 416 g/mol. The molecule has 5 aliphatic rings. The maximum atomic E-state index is 13.2. The molecule has 0 aromatic carbocycles. The Morgan fingerprint density at radius 2 is 1.91 bits per heavy atom. The molecule has 4 aliphatic carbocycles. The van der Waals surface area contributed by atoms with Crippen LogP contribution in [0.15, 0.2) is 24.4 Å². The van der Waals surface area contributed by atoms with E-state index in [1.165, 1.54) is 38.5 Å². The summed E-state index contributed by atoms with van der Waals surface area (Å²) < 4.78 is 7.24. The molecule has 33 heavy (non-hydrogen) atoms. The van der Waals surface area contributed by atoms with Gasteiger partial charge in [-0.3, -0.25) is 14.0 Å². The molecule has 3 heterocycles. The Bertz CT molecular complexity index is 1040. The minimum Gasteiger partial charge on any atom is -0.379 e. The summed E-state index contributed by atoms with van der Waals surface area (Å²) >= 11 is 0. The standard InChI is InChI=1S/C26H34N4O3/c1-29(21-5-6-33-15-21)24(31)10-20-14-30-22(3-2-4-23(30)28-20)25(32)27-16-26-11-17-7-18(12-26)9-19(8-17)13-26/h2-4,14,17-19,21H,5-13,15-16H2,1H3,(H,27,32). The van der Waals surface area contributed by atoms with Crippen molar-refractivity contribution in [2.45, 2.75) is 57.4 Å². The zero-order chi connectivity index (χ0) is 22.6. The summed E-state index contributed by atoms with van der Waals surface area (Å²) in [6.07, 6.45) is 11.0. The number of hydrogen-bond acceptors (Lipinski definition) is 4. The molecule has 2 aromatic heterocycles. The SMILES string of the molecule is CN(C(=O)Cc1cn2c(C(=O)NCC34CC5CC(CC(C5)C3)C4)cccc2n1)C1CCOC1. The van der Waals surface area contributed by atoms with Crippen LogP contribution in [-0.4, -0.2) is 58.9 Å². The van der Waals surface area contributed by atoms with Crippen molar-refractivity contribution in [3.8, 4) is 0 Å². The van der Waals surface area contributed by atoms with E-state index in [1.54, 1.807) is 4.90 Å². The first-order chi connectivity index (χ1) is 16.0. The third-order valence-corrected chi connectivity index (χ3v) is 8.74. The molecule has 4 bridgehead atoms. The number of nitrogens with zero attached hydrogens (tertiary/aromatic N) is 3. The number of fused-ring (bicyclic) bond motifs is 1. The van der Waals surface area contributed by atoms with Crippen molar-refractivity contribution in [3.05, 3.63) is 35.8 Å². The minimum absolute atomic E-state index is 0.0294. The van der Waals surface area contributed by atoms with Gasteiger partial charge < -0.3 is 15.0 Å². The average Bonchev–Trinajstić information content (AvgIpc) is 3.45. The van der Waals surface area contributed by atoms with Gasteiger partial charge in [0.1, 0.15) is 11.3 Å². The summed E-state index contributed by atoms with van der Waals surface area (Å²) in [5.74, 6) is 2.60. The Morgan fingerprint density at radius 1 is 1.18 bits per heavy atom. The zero-order valence-corrected chi connectivity index (χ0v) is 19.5. The van der Waals surface area contributed by atoms with Crippen LogP contribution in [0, 0.1) is 23.2 Å². The first kappa shape index (κ1) is 21.1. The van der Waals surface area contributed by atoms with Gasteiger partial charge in [0.2, 0.25) is 5.91 Å². The average molecular weight is 451 g/mol. The highest BCUT2D eigenvalue weighted by molar-refractivity contribution is 5.93. The van der Waals surface area contributed by atoms with E-state index in [9.17, 15) is 9.59 Å². The lowest BCUT2D eigenvalue weighted by atomic mass is 9.49. The monoisotopic (exact) mass is 450 g/mol. The summed E-state index contributed by atoms with van der Waals surface area (Å²) in [6.45, 7) is 2.08. The van der Waals surface area contributed by atoms with Crippen LogP contribution in [0.25, 0.3) is 5.65 Å². The number of ether oxygens (including phenoxy) is 1. The third kappa shape index (κ3) is 3.94. The molecule has 0 radical (unpaired) electrons.